The monoisotopic (exact) mass is 295 g/mol. The van der Waals surface area contributed by atoms with Crippen molar-refractivity contribution in [2.24, 2.45) is 0 Å². The molecule has 8 nitrogen and oxygen atoms in total. The fourth-order valence-electron chi connectivity index (χ4n) is 1.84. The fraction of sp³-hybridized carbons (Fsp3) is 0.385. The maximum atomic E-state index is 11.8. The number of nitro groups is 1. The largest absolute Gasteiger partial charge is 0.478 e. The van der Waals surface area contributed by atoms with Gasteiger partial charge in [-0.3, -0.25) is 14.9 Å². The summed E-state index contributed by atoms with van der Waals surface area (Å²) < 4.78 is 0. The van der Waals surface area contributed by atoms with E-state index in [0.717, 1.165) is 0 Å². The Hall–Kier alpha value is -2.64. The number of rotatable bonds is 6. The highest BCUT2D eigenvalue weighted by Crippen LogP contribution is 2.32. The maximum absolute atomic E-state index is 11.8. The molecule has 0 unspecified atom stereocenters. The van der Waals surface area contributed by atoms with Gasteiger partial charge in [0.2, 0.25) is 5.91 Å². The number of anilines is 1. The molecule has 1 aromatic carbocycles. The average Bonchev–Trinajstić information content (AvgIpc) is 2.43. The molecule has 0 aliphatic carbocycles. The summed E-state index contributed by atoms with van der Waals surface area (Å²) in [7, 11) is 3.13. The van der Waals surface area contributed by atoms with Gasteiger partial charge >= 0.3 is 5.97 Å². The number of amides is 1. The third kappa shape index (κ3) is 3.68. The number of likely N-dealkylation sites (N-methyl/N-ethyl adjacent to an activating group) is 2. The normalized spacial score (nSPS) is 10.0. The van der Waals surface area contributed by atoms with Gasteiger partial charge in [0.15, 0.2) is 0 Å². The van der Waals surface area contributed by atoms with Gasteiger partial charge in [0, 0.05) is 26.7 Å². The van der Waals surface area contributed by atoms with E-state index in [2.05, 4.69) is 0 Å². The highest BCUT2D eigenvalue weighted by Gasteiger charge is 2.27. The first-order chi connectivity index (χ1) is 9.79. The molecule has 0 bridgehead atoms. The van der Waals surface area contributed by atoms with Crippen molar-refractivity contribution in [3.05, 3.63) is 33.9 Å². The molecule has 0 atom stereocenters. The summed E-state index contributed by atoms with van der Waals surface area (Å²) in [5.74, 6) is -1.55. The number of benzene rings is 1. The van der Waals surface area contributed by atoms with Gasteiger partial charge in [0.1, 0.15) is 5.69 Å². The number of carbonyl (C=O) groups is 2. The van der Waals surface area contributed by atoms with Crippen LogP contribution in [-0.2, 0) is 4.79 Å². The molecule has 1 rings (SSSR count). The van der Waals surface area contributed by atoms with Gasteiger partial charge in [0.25, 0.3) is 5.69 Å². The van der Waals surface area contributed by atoms with Crippen LogP contribution in [0.5, 0.6) is 0 Å². The standard InChI is InChI=1S/C13H17N3O5/c1-4-15(8-11(17)14(2)3)12-9(13(18)19)6-5-7-10(12)16(20)21/h5-7H,4,8H2,1-3H3,(H,18,19). The van der Waals surface area contributed by atoms with E-state index in [1.807, 2.05) is 0 Å². The van der Waals surface area contributed by atoms with E-state index in [4.69, 9.17) is 0 Å². The van der Waals surface area contributed by atoms with Gasteiger partial charge in [-0.05, 0) is 13.0 Å². The van der Waals surface area contributed by atoms with Crippen molar-refractivity contribution in [3.63, 3.8) is 0 Å². The number of para-hydroxylation sites is 1. The minimum Gasteiger partial charge on any atom is -0.478 e. The zero-order valence-electron chi connectivity index (χ0n) is 12.1. The fourth-order valence-corrected chi connectivity index (χ4v) is 1.84. The Balaban J connectivity index is 3.38. The second kappa shape index (κ2) is 6.69. The third-order valence-corrected chi connectivity index (χ3v) is 2.96. The van der Waals surface area contributed by atoms with Crippen LogP contribution in [-0.4, -0.2) is 54.0 Å². The molecule has 0 saturated carbocycles. The summed E-state index contributed by atoms with van der Waals surface area (Å²) in [6, 6.07) is 3.82. The van der Waals surface area contributed by atoms with Crippen LogP contribution in [0.1, 0.15) is 17.3 Å². The Morgan fingerprint density at radius 3 is 2.38 bits per heavy atom. The van der Waals surface area contributed by atoms with Gasteiger partial charge in [-0.25, -0.2) is 4.79 Å². The molecule has 8 heteroatoms. The van der Waals surface area contributed by atoms with Crippen molar-refractivity contribution < 1.29 is 19.6 Å². The quantitative estimate of drug-likeness (QED) is 0.625. The maximum Gasteiger partial charge on any atom is 0.338 e. The predicted molar refractivity (Wildman–Crippen MR) is 76.6 cm³/mol. The van der Waals surface area contributed by atoms with E-state index in [9.17, 15) is 24.8 Å². The lowest BCUT2D eigenvalue weighted by molar-refractivity contribution is -0.384. The molecule has 0 saturated heterocycles. The van der Waals surface area contributed by atoms with Crippen molar-refractivity contribution in [1.29, 1.82) is 0 Å². The zero-order valence-corrected chi connectivity index (χ0v) is 12.1. The van der Waals surface area contributed by atoms with E-state index < -0.39 is 10.9 Å². The molecule has 0 spiro atoms. The van der Waals surface area contributed by atoms with Crippen molar-refractivity contribution in [1.82, 2.24) is 4.90 Å². The lowest BCUT2D eigenvalue weighted by Crippen LogP contribution is -2.37. The van der Waals surface area contributed by atoms with Gasteiger partial charge < -0.3 is 14.9 Å². The number of carboxylic acids is 1. The predicted octanol–water partition coefficient (Wildman–Crippen LogP) is 1.21. The summed E-state index contributed by atoms with van der Waals surface area (Å²) in [5.41, 5.74) is -0.575. The van der Waals surface area contributed by atoms with Crippen LogP contribution in [0.2, 0.25) is 0 Å². The Morgan fingerprint density at radius 2 is 1.95 bits per heavy atom. The molecule has 0 radical (unpaired) electrons. The summed E-state index contributed by atoms with van der Waals surface area (Å²) in [5, 5.41) is 20.3. The number of aromatic carboxylic acids is 1. The first-order valence-electron chi connectivity index (χ1n) is 6.25. The molecular weight excluding hydrogens is 278 g/mol. The number of nitrogens with zero attached hydrogens (tertiary/aromatic N) is 3. The molecule has 0 fully saturated rings. The smallest absolute Gasteiger partial charge is 0.338 e. The van der Waals surface area contributed by atoms with Crippen molar-refractivity contribution in [2.75, 3.05) is 32.1 Å². The van der Waals surface area contributed by atoms with Crippen molar-refractivity contribution in [2.45, 2.75) is 6.92 Å². The van der Waals surface area contributed by atoms with Crippen LogP contribution in [0.4, 0.5) is 11.4 Å². The molecule has 0 heterocycles. The van der Waals surface area contributed by atoms with Gasteiger partial charge in [-0.15, -0.1) is 0 Å². The Bertz CT molecular complexity index is 539. The van der Waals surface area contributed by atoms with E-state index in [0.29, 0.717) is 0 Å². The third-order valence-electron chi connectivity index (χ3n) is 2.96. The van der Waals surface area contributed by atoms with Gasteiger partial charge in [0.05, 0.1) is 17.0 Å². The zero-order chi connectivity index (χ0) is 16.2. The number of hydrogen-bond acceptors (Lipinski definition) is 5. The molecule has 0 aromatic heterocycles. The van der Waals surface area contributed by atoms with Crippen LogP contribution in [0.15, 0.2) is 18.2 Å². The van der Waals surface area contributed by atoms with E-state index in [1.54, 1.807) is 21.0 Å². The minimum atomic E-state index is -1.27. The van der Waals surface area contributed by atoms with E-state index in [1.165, 1.54) is 28.0 Å². The van der Waals surface area contributed by atoms with Crippen LogP contribution < -0.4 is 4.90 Å². The second-order valence-corrected chi connectivity index (χ2v) is 4.54. The number of nitro benzene ring substituents is 1. The molecule has 1 aromatic rings. The Kier molecular flexibility index (Phi) is 5.23. The summed E-state index contributed by atoms with van der Waals surface area (Å²) in [6.07, 6.45) is 0. The van der Waals surface area contributed by atoms with E-state index in [-0.39, 0.29) is 35.9 Å². The first-order valence-corrected chi connectivity index (χ1v) is 6.25. The minimum absolute atomic E-state index is 0.0484. The topological polar surface area (TPSA) is 104 Å². The summed E-state index contributed by atoms with van der Waals surface area (Å²) >= 11 is 0. The van der Waals surface area contributed by atoms with Crippen molar-refractivity contribution >= 4 is 23.3 Å². The number of carbonyl (C=O) groups excluding carboxylic acids is 1. The Labute approximate surface area is 121 Å². The molecule has 21 heavy (non-hydrogen) atoms. The number of carboxylic acid groups (broad SMARTS) is 1. The van der Waals surface area contributed by atoms with E-state index >= 15 is 0 Å². The van der Waals surface area contributed by atoms with Gasteiger partial charge in [-0.2, -0.15) is 0 Å². The van der Waals surface area contributed by atoms with Crippen LogP contribution in [0.25, 0.3) is 0 Å². The number of hydrogen-bond donors (Lipinski definition) is 1. The summed E-state index contributed by atoms with van der Waals surface area (Å²) in [6.45, 7) is 1.84. The van der Waals surface area contributed by atoms with Crippen LogP contribution >= 0.6 is 0 Å². The molecular formula is C13H17N3O5. The lowest BCUT2D eigenvalue weighted by Gasteiger charge is -2.25. The average molecular weight is 295 g/mol. The molecule has 0 aliphatic rings. The highest BCUT2D eigenvalue weighted by molar-refractivity contribution is 5.98. The molecule has 1 amide bonds. The van der Waals surface area contributed by atoms with Crippen LogP contribution in [0, 0.1) is 10.1 Å². The first kappa shape index (κ1) is 16.4. The van der Waals surface area contributed by atoms with Crippen LogP contribution in [0.3, 0.4) is 0 Å². The summed E-state index contributed by atoms with van der Waals surface area (Å²) in [4.78, 5) is 36.3. The SMILES string of the molecule is CCN(CC(=O)N(C)C)c1c(C(=O)O)cccc1[N+](=O)[O-]. The van der Waals surface area contributed by atoms with Gasteiger partial charge in [-0.1, -0.05) is 6.07 Å². The molecule has 1 N–H and O–H groups in total. The Morgan fingerprint density at radius 1 is 1.33 bits per heavy atom. The molecule has 114 valence electrons. The highest BCUT2D eigenvalue weighted by atomic mass is 16.6. The second-order valence-electron chi connectivity index (χ2n) is 4.54. The lowest BCUT2D eigenvalue weighted by atomic mass is 10.1. The van der Waals surface area contributed by atoms with Crippen molar-refractivity contribution in [3.8, 4) is 0 Å². The molecule has 0 aliphatic heterocycles.